The van der Waals surface area contributed by atoms with Gasteiger partial charge in [-0.25, -0.2) is 4.39 Å². The van der Waals surface area contributed by atoms with E-state index in [4.69, 9.17) is 5.11 Å². The highest BCUT2D eigenvalue weighted by Crippen LogP contribution is 2.30. The minimum atomic E-state index is -0.294. The number of nitrogens with one attached hydrogen (secondary N) is 2. The van der Waals surface area contributed by atoms with Gasteiger partial charge < -0.3 is 15.4 Å². The molecular weight excluding hydrogens is 319 g/mol. The maximum Gasteiger partial charge on any atom is 0.224 e. The quantitative estimate of drug-likeness (QED) is 0.645. The molecule has 130 valence electrons. The van der Waals surface area contributed by atoms with Crippen LogP contribution >= 0.6 is 0 Å². The first kappa shape index (κ1) is 17.2. The average Bonchev–Trinajstić information content (AvgIpc) is 2.99. The molecule has 1 heterocycles. The first-order valence-electron chi connectivity index (χ1n) is 8.31. The van der Waals surface area contributed by atoms with Crippen LogP contribution in [-0.4, -0.2) is 29.1 Å². The van der Waals surface area contributed by atoms with E-state index in [9.17, 15) is 9.18 Å². The molecule has 2 aromatic carbocycles. The first-order chi connectivity index (χ1) is 12.1. The maximum absolute atomic E-state index is 13.2. The van der Waals surface area contributed by atoms with Crippen molar-refractivity contribution in [2.75, 3.05) is 13.2 Å². The van der Waals surface area contributed by atoms with E-state index in [0.717, 1.165) is 27.7 Å². The van der Waals surface area contributed by atoms with Gasteiger partial charge in [0.1, 0.15) is 5.82 Å². The van der Waals surface area contributed by atoms with Crippen LogP contribution in [0.2, 0.25) is 0 Å². The number of amides is 1. The summed E-state index contributed by atoms with van der Waals surface area (Å²) in [4.78, 5) is 15.7. The maximum atomic E-state index is 13.2. The number of aromatic nitrogens is 1. The van der Waals surface area contributed by atoms with E-state index in [1.54, 1.807) is 12.1 Å². The van der Waals surface area contributed by atoms with Crippen molar-refractivity contribution in [1.29, 1.82) is 0 Å². The van der Waals surface area contributed by atoms with Crippen LogP contribution in [0.1, 0.15) is 12.5 Å². The molecule has 0 radical (unpaired) electrons. The van der Waals surface area contributed by atoms with Gasteiger partial charge in [0.05, 0.1) is 12.1 Å². The van der Waals surface area contributed by atoms with Crippen molar-refractivity contribution in [2.45, 2.75) is 13.3 Å². The van der Waals surface area contributed by atoms with Gasteiger partial charge in [0.15, 0.2) is 0 Å². The molecule has 0 aliphatic rings. The number of carbonyl (C=O) groups is 1. The average molecular weight is 340 g/mol. The van der Waals surface area contributed by atoms with Crippen molar-refractivity contribution in [1.82, 2.24) is 10.3 Å². The third kappa shape index (κ3) is 3.88. The fourth-order valence-corrected chi connectivity index (χ4v) is 2.82. The number of carbonyl (C=O) groups excluding carboxylic acids is 1. The lowest BCUT2D eigenvalue weighted by atomic mass is 10.0. The second-order valence-electron chi connectivity index (χ2n) is 6.30. The molecule has 0 fully saturated rings. The summed E-state index contributed by atoms with van der Waals surface area (Å²) in [6, 6.07) is 14.0. The standard InChI is InChI=1S/C20H21FN2O2/c1-13(12-24)11-22-19(25)10-17-16-4-2-3-5-18(16)23-20(17)14-6-8-15(21)9-7-14/h2-9,13,23-24H,10-12H2,1H3,(H,22,25). The molecule has 3 N–H and O–H groups in total. The van der Waals surface area contributed by atoms with Gasteiger partial charge in [0, 0.05) is 24.1 Å². The normalized spacial score (nSPS) is 12.3. The minimum absolute atomic E-state index is 0.0171. The number of halogens is 1. The van der Waals surface area contributed by atoms with Crippen molar-refractivity contribution < 1.29 is 14.3 Å². The fourth-order valence-electron chi connectivity index (χ4n) is 2.82. The van der Waals surface area contributed by atoms with Crippen LogP contribution in [0.25, 0.3) is 22.2 Å². The first-order valence-corrected chi connectivity index (χ1v) is 8.31. The van der Waals surface area contributed by atoms with E-state index in [1.807, 2.05) is 31.2 Å². The Morgan fingerprint density at radius 1 is 1.20 bits per heavy atom. The van der Waals surface area contributed by atoms with Crippen molar-refractivity contribution >= 4 is 16.8 Å². The zero-order valence-corrected chi connectivity index (χ0v) is 14.1. The molecule has 25 heavy (non-hydrogen) atoms. The molecule has 3 rings (SSSR count). The number of H-pyrrole nitrogens is 1. The summed E-state index contributed by atoms with van der Waals surface area (Å²) < 4.78 is 13.2. The zero-order chi connectivity index (χ0) is 17.8. The van der Waals surface area contributed by atoms with Crippen LogP contribution in [0.5, 0.6) is 0 Å². The van der Waals surface area contributed by atoms with Crippen LogP contribution in [0.15, 0.2) is 48.5 Å². The number of aromatic amines is 1. The van der Waals surface area contributed by atoms with Crippen LogP contribution in [-0.2, 0) is 11.2 Å². The van der Waals surface area contributed by atoms with Crippen molar-refractivity contribution in [3.8, 4) is 11.3 Å². The highest BCUT2D eigenvalue weighted by molar-refractivity contribution is 5.95. The summed E-state index contributed by atoms with van der Waals surface area (Å²) in [6.07, 6.45) is 0.217. The van der Waals surface area contributed by atoms with Crippen LogP contribution in [0, 0.1) is 11.7 Å². The summed E-state index contributed by atoms with van der Waals surface area (Å²) in [6.45, 7) is 2.34. The van der Waals surface area contributed by atoms with Crippen molar-refractivity contribution in [2.24, 2.45) is 5.92 Å². The fraction of sp³-hybridized carbons (Fsp3) is 0.250. The Bertz CT molecular complexity index is 871. The molecule has 3 aromatic rings. The topological polar surface area (TPSA) is 65.1 Å². The smallest absolute Gasteiger partial charge is 0.224 e. The van der Waals surface area contributed by atoms with E-state index in [0.29, 0.717) is 6.54 Å². The van der Waals surface area contributed by atoms with Crippen LogP contribution < -0.4 is 5.32 Å². The second-order valence-corrected chi connectivity index (χ2v) is 6.30. The van der Waals surface area contributed by atoms with E-state index in [1.165, 1.54) is 12.1 Å². The number of fused-ring (bicyclic) bond motifs is 1. The minimum Gasteiger partial charge on any atom is -0.396 e. The molecule has 0 saturated carbocycles. The molecule has 1 atom stereocenters. The second kappa shape index (κ2) is 7.49. The van der Waals surface area contributed by atoms with E-state index < -0.39 is 0 Å². The molecule has 0 bridgehead atoms. The monoisotopic (exact) mass is 340 g/mol. The van der Waals surface area contributed by atoms with Gasteiger partial charge >= 0.3 is 0 Å². The Labute approximate surface area is 145 Å². The lowest BCUT2D eigenvalue weighted by Gasteiger charge is -2.10. The van der Waals surface area contributed by atoms with Crippen molar-refractivity contribution in [3.63, 3.8) is 0 Å². The Hall–Kier alpha value is -2.66. The Balaban J connectivity index is 1.93. The summed E-state index contributed by atoms with van der Waals surface area (Å²) in [5.74, 6) is -0.381. The highest BCUT2D eigenvalue weighted by Gasteiger charge is 2.16. The summed E-state index contributed by atoms with van der Waals surface area (Å²) in [5.41, 5.74) is 3.49. The number of hydrogen-bond acceptors (Lipinski definition) is 2. The van der Waals surface area contributed by atoms with Gasteiger partial charge in [-0.15, -0.1) is 0 Å². The van der Waals surface area contributed by atoms with Gasteiger partial charge in [-0.05, 0) is 47.4 Å². The number of aliphatic hydroxyl groups is 1. The zero-order valence-electron chi connectivity index (χ0n) is 14.1. The Morgan fingerprint density at radius 3 is 2.64 bits per heavy atom. The van der Waals surface area contributed by atoms with Crippen LogP contribution in [0.3, 0.4) is 0 Å². The van der Waals surface area contributed by atoms with E-state index in [2.05, 4.69) is 10.3 Å². The van der Waals surface area contributed by atoms with Gasteiger partial charge in [-0.2, -0.15) is 0 Å². The lowest BCUT2D eigenvalue weighted by Crippen LogP contribution is -2.30. The molecule has 1 aromatic heterocycles. The van der Waals surface area contributed by atoms with Crippen molar-refractivity contribution in [3.05, 3.63) is 59.9 Å². The number of benzene rings is 2. The number of aliphatic hydroxyl groups excluding tert-OH is 1. The number of para-hydroxylation sites is 1. The SMILES string of the molecule is CC(CO)CNC(=O)Cc1c(-c2ccc(F)cc2)[nH]c2ccccc12. The molecule has 0 aliphatic carbocycles. The largest absolute Gasteiger partial charge is 0.396 e. The Morgan fingerprint density at radius 2 is 1.92 bits per heavy atom. The van der Waals surface area contributed by atoms with Gasteiger partial charge in [-0.3, -0.25) is 4.79 Å². The van der Waals surface area contributed by atoms with E-state index >= 15 is 0 Å². The third-order valence-corrected chi connectivity index (χ3v) is 4.24. The highest BCUT2D eigenvalue weighted by atomic mass is 19.1. The van der Waals surface area contributed by atoms with Gasteiger partial charge in [-0.1, -0.05) is 25.1 Å². The molecule has 0 spiro atoms. The number of hydrogen-bond donors (Lipinski definition) is 3. The third-order valence-electron chi connectivity index (χ3n) is 4.24. The molecule has 0 aliphatic heterocycles. The van der Waals surface area contributed by atoms with Gasteiger partial charge in [0.25, 0.3) is 0 Å². The molecule has 5 heteroatoms. The molecule has 0 saturated heterocycles. The summed E-state index contributed by atoms with van der Waals surface area (Å²) >= 11 is 0. The molecule has 4 nitrogen and oxygen atoms in total. The summed E-state index contributed by atoms with van der Waals surface area (Å²) in [5, 5.41) is 12.9. The molecular formula is C20H21FN2O2. The predicted molar refractivity (Wildman–Crippen MR) is 96.7 cm³/mol. The molecule has 1 unspecified atom stereocenters. The Kier molecular flexibility index (Phi) is 5.14. The molecule has 1 amide bonds. The number of rotatable bonds is 6. The lowest BCUT2D eigenvalue weighted by molar-refractivity contribution is -0.120. The predicted octanol–water partition coefficient (Wildman–Crippen LogP) is 3.26. The van der Waals surface area contributed by atoms with Crippen LogP contribution in [0.4, 0.5) is 4.39 Å². The van der Waals surface area contributed by atoms with Gasteiger partial charge in [0.2, 0.25) is 5.91 Å². The van der Waals surface area contributed by atoms with E-state index in [-0.39, 0.29) is 30.7 Å². The summed E-state index contributed by atoms with van der Waals surface area (Å²) in [7, 11) is 0.